The van der Waals surface area contributed by atoms with Gasteiger partial charge in [0.2, 0.25) is 11.3 Å². The molecule has 0 aliphatic carbocycles. The molecule has 3 rings (SSSR count). The quantitative estimate of drug-likeness (QED) is 0.432. The summed E-state index contributed by atoms with van der Waals surface area (Å²) in [6.07, 6.45) is 4.80. The zero-order valence-electron chi connectivity index (χ0n) is 7.09. The van der Waals surface area contributed by atoms with E-state index in [0.717, 1.165) is 6.42 Å². The lowest BCUT2D eigenvalue weighted by molar-refractivity contribution is -1.32. The first-order chi connectivity index (χ1) is 6.45. The number of nitrogens with zero attached hydrogens (tertiary/aromatic N) is 3. The third-order valence-corrected chi connectivity index (χ3v) is 2.30. The predicted octanol–water partition coefficient (Wildman–Crippen LogP) is -0.128. The van der Waals surface area contributed by atoms with Crippen LogP contribution in [0.5, 0.6) is 0 Å². The summed E-state index contributed by atoms with van der Waals surface area (Å²) in [7, 11) is 0. The molecule has 0 fully saturated rings. The molecule has 0 unspecified atom stereocenters. The van der Waals surface area contributed by atoms with Gasteiger partial charge in [-0.05, 0) is 18.2 Å². The number of hydrogen-bond acceptors (Lipinski definition) is 1. The molecule has 0 saturated heterocycles. The molecule has 3 heteroatoms. The van der Waals surface area contributed by atoms with Gasteiger partial charge < -0.3 is 0 Å². The van der Waals surface area contributed by atoms with E-state index in [1.807, 2.05) is 23.1 Å². The lowest BCUT2D eigenvalue weighted by Crippen LogP contribution is -2.67. The first-order valence-corrected chi connectivity index (χ1v) is 4.31. The zero-order valence-corrected chi connectivity index (χ0v) is 7.09. The van der Waals surface area contributed by atoms with Gasteiger partial charge in [0, 0.05) is 10.7 Å². The van der Waals surface area contributed by atoms with Crippen molar-refractivity contribution < 1.29 is 9.47 Å². The maximum absolute atomic E-state index is 4.28. The van der Waals surface area contributed by atoms with E-state index in [0.29, 0.717) is 0 Å². The van der Waals surface area contributed by atoms with E-state index < -0.39 is 0 Å². The van der Waals surface area contributed by atoms with E-state index in [4.69, 9.17) is 0 Å². The second kappa shape index (κ2) is 2.36. The van der Waals surface area contributed by atoms with Crippen LogP contribution in [0, 0.1) is 0 Å². The van der Waals surface area contributed by atoms with Gasteiger partial charge in [0.1, 0.15) is 6.42 Å². The Morgan fingerprint density at radius 3 is 3.00 bits per heavy atom. The monoisotopic (exact) mass is 171 g/mol. The minimum Gasteiger partial charge on any atom is -0.0543 e. The normalized spacial score (nSPS) is 12.3. The molecule has 0 N–H and O–H groups in total. The summed E-state index contributed by atoms with van der Waals surface area (Å²) >= 11 is 0. The third kappa shape index (κ3) is 0.869. The van der Waals surface area contributed by atoms with Crippen molar-refractivity contribution in [2.75, 3.05) is 0 Å². The van der Waals surface area contributed by atoms with Gasteiger partial charge >= 0.3 is 0 Å². The van der Waals surface area contributed by atoms with Crippen LogP contribution in [-0.2, 0) is 6.42 Å². The van der Waals surface area contributed by atoms with E-state index in [2.05, 4.69) is 28.0 Å². The lowest BCUT2D eigenvalue weighted by atomic mass is 10.2. The average molecular weight is 171 g/mol. The highest BCUT2D eigenvalue weighted by Crippen LogP contribution is 2.03. The summed E-state index contributed by atoms with van der Waals surface area (Å²) in [4.78, 5) is 1.93. The second-order valence-corrected chi connectivity index (χ2v) is 3.12. The van der Waals surface area contributed by atoms with Crippen LogP contribution in [0.3, 0.4) is 0 Å². The van der Waals surface area contributed by atoms with Crippen molar-refractivity contribution in [3.63, 3.8) is 0 Å². The number of rotatable bonds is 0. The Labute approximate surface area is 75.9 Å². The Balaban J connectivity index is 2.32. The number of aromatic nitrogens is 3. The highest BCUT2D eigenvalue weighted by molar-refractivity contribution is 5.08. The number of hydrogen-bond donors (Lipinski definition) is 0. The van der Waals surface area contributed by atoms with E-state index in [-0.39, 0.29) is 0 Å². The van der Waals surface area contributed by atoms with Crippen molar-refractivity contribution in [1.29, 1.82) is 0 Å². The Morgan fingerprint density at radius 2 is 2.00 bits per heavy atom. The van der Waals surface area contributed by atoms with Gasteiger partial charge in [-0.15, -0.1) is 0 Å². The Morgan fingerprint density at radius 1 is 1.08 bits per heavy atom. The van der Waals surface area contributed by atoms with Gasteiger partial charge in [0.25, 0.3) is 5.69 Å². The predicted molar refractivity (Wildman–Crippen MR) is 44.7 cm³/mol. The first-order valence-electron chi connectivity index (χ1n) is 4.31. The fourth-order valence-corrected chi connectivity index (χ4v) is 1.70. The standard InChI is InChI=1S/C10H9N3/c1-2-7-12-9(4-1)8-10-5-3-6-11-13(10)12/h1-7H,8H2/q+2. The Bertz CT molecular complexity index is 422. The van der Waals surface area contributed by atoms with Crippen LogP contribution in [-0.4, -0.2) is 5.10 Å². The molecule has 0 saturated carbocycles. The molecular formula is C10H9N3+2. The SMILES string of the molecule is c1cc[n+]2c(c1)Cc1cccn[n+]1-2. The van der Waals surface area contributed by atoms with Gasteiger partial charge in [0.15, 0.2) is 16.7 Å². The lowest BCUT2D eigenvalue weighted by Gasteiger charge is -1.84. The summed E-state index contributed by atoms with van der Waals surface area (Å²) in [5, 5.41) is 4.28. The van der Waals surface area contributed by atoms with Crippen LogP contribution in [0.4, 0.5) is 0 Å². The highest BCUT2D eigenvalue weighted by Gasteiger charge is 2.33. The minimum atomic E-state index is 0.967. The zero-order chi connectivity index (χ0) is 8.67. The molecule has 0 radical (unpaired) electrons. The van der Waals surface area contributed by atoms with Crippen molar-refractivity contribution >= 4 is 0 Å². The molecular weight excluding hydrogens is 162 g/mol. The van der Waals surface area contributed by atoms with Crippen LogP contribution in [0.15, 0.2) is 42.7 Å². The fourth-order valence-electron chi connectivity index (χ4n) is 1.70. The summed E-state index contributed by atoms with van der Waals surface area (Å²) in [5.74, 6) is 0. The van der Waals surface area contributed by atoms with Crippen LogP contribution >= 0.6 is 0 Å². The van der Waals surface area contributed by atoms with Crippen LogP contribution in [0.25, 0.3) is 0 Å². The molecule has 0 atom stereocenters. The van der Waals surface area contributed by atoms with Gasteiger partial charge in [-0.1, -0.05) is 6.07 Å². The van der Waals surface area contributed by atoms with E-state index >= 15 is 0 Å². The Kier molecular flexibility index (Phi) is 1.22. The summed E-state index contributed by atoms with van der Waals surface area (Å²) in [6, 6.07) is 10.3. The fraction of sp³-hybridized carbons (Fsp3) is 0.100. The summed E-state index contributed by atoms with van der Waals surface area (Å²) in [6.45, 7) is 0. The van der Waals surface area contributed by atoms with Crippen molar-refractivity contribution in [2.45, 2.75) is 6.42 Å². The molecule has 3 nitrogen and oxygen atoms in total. The van der Waals surface area contributed by atoms with Crippen molar-refractivity contribution in [1.82, 2.24) is 5.10 Å². The minimum absolute atomic E-state index is 0.967. The van der Waals surface area contributed by atoms with E-state index in [1.165, 1.54) is 11.4 Å². The topological polar surface area (TPSA) is 20.6 Å². The molecule has 2 aromatic heterocycles. The van der Waals surface area contributed by atoms with Crippen molar-refractivity contribution in [3.8, 4) is 0 Å². The molecule has 0 aromatic carbocycles. The molecule has 3 heterocycles. The molecule has 0 bridgehead atoms. The Hall–Kier alpha value is -1.77. The smallest absolute Gasteiger partial charge is 0.0543 e. The molecule has 13 heavy (non-hydrogen) atoms. The number of pyridine rings is 1. The molecule has 62 valence electrons. The first kappa shape index (κ1) is 6.71. The van der Waals surface area contributed by atoms with Gasteiger partial charge in [-0.3, -0.25) is 0 Å². The van der Waals surface area contributed by atoms with Crippen molar-refractivity contribution in [3.05, 3.63) is 54.1 Å². The van der Waals surface area contributed by atoms with Gasteiger partial charge in [0.05, 0.1) is 0 Å². The summed E-state index contributed by atoms with van der Waals surface area (Å²) in [5.41, 5.74) is 2.51. The van der Waals surface area contributed by atoms with Crippen LogP contribution in [0.1, 0.15) is 11.4 Å². The molecule has 1 aliphatic rings. The van der Waals surface area contributed by atoms with E-state index in [9.17, 15) is 0 Å². The summed E-state index contributed by atoms with van der Waals surface area (Å²) < 4.78 is 2.06. The second-order valence-electron chi connectivity index (χ2n) is 3.12. The van der Waals surface area contributed by atoms with Crippen LogP contribution in [0.2, 0.25) is 0 Å². The maximum atomic E-state index is 4.28. The maximum Gasteiger partial charge on any atom is 0.296 e. The number of fused-ring (bicyclic) bond motifs is 3. The largest absolute Gasteiger partial charge is 0.296 e. The van der Waals surface area contributed by atoms with Crippen LogP contribution < -0.4 is 9.47 Å². The molecule has 2 aromatic rings. The van der Waals surface area contributed by atoms with Gasteiger partial charge in [-0.25, -0.2) is 0 Å². The van der Waals surface area contributed by atoms with E-state index in [1.54, 1.807) is 6.20 Å². The highest BCUT2D eigenvalue weighted by atomic mass is 15.6. The average Bonchev–Trinajstić information content (AvgIpc) is 2.56. The third-order valence-electron chi connectivity index (χ3n) is 2.30. The van der Waals surface area contributed by atoms with Crippen molar-refractivity contribution in [2.24, 2.45) is 0 Å². The molecule has 0 spiro atoms. The molecule has 1 aliphatic heterocycles. The van der Waals surface area contributed by atoms with Gasteiger partial charge in [-0.2, -0.15) is 0 Å². The molecule has 0 amide bonds.